The molecule has 0 amide bonds. The second-order valence-corrected chi connectivity index (χ2v) is 1.79. The first-order valence-corrected chi connectivity index (χ1v) is 3.18. The fraction of sp³-hybridized carbons (Fsp3) is 1.00. The van der Waals surface area contributed by atoms with E-state index in [0.29, 0.717) is 6.42 Å². The summed E-state index contributed by atoms with van der Waals surface area (Å²) in [5.74, 6) is 0. The van der Waals surface area contributed by atoms with Gasteiger partial charge in [-0.15, -0.1) is 12.4 Å². The van der Waals surface area contributed by atoms with E-state index >= 15 is 0 Å². The molecule has 9 heavy (non-hydrogen) atoms. The van der Waals surface area contributed by atoms with Gasteiger partial charge in [-0.25, -0.2) is 0 Å². The Labute approximate surface area is 62.4 Å². The summed E-state index contributed by atoms with van der Waals surface area (Å²) < 4.78 is 11.4. The molecular formula is C6H15ClFN. The van der Waals surface area contributed by atoms with Crippen LogP contribution in [0.2, 0.25) is 0 Å². The maximum absolute atomic E-state index is 11.4. The molecule has 0 spiro atoms. The van der Waals surface area contributed by atoms with Gasteiger partial charge in [-0.1, -0.05) is 6.92 Å². The molecule has 0 radical (unpaired) electrons. The number of halogens is 2. The molecule has 0 rings (SSSR count). The molecular weight excluding hydrogens is 141 g/mol. The standard InChI is InChI=1S/C6H14FN.ClH/c1-2-5-8-6-3-4-7;/h8H,2-6H2,1H3;1H. The summed E-state index contributed by atoms with van der Waals surface area (Å²) in [4.78, 5) is 0. The number of nitrogens with one attached hydrogen (secondary N) is 1. The van der Waals surface area contributed by atoms with Crippen LogP contribution in [0.25, 0.3) is 0 Å². The number of hydrogen-bond donors (Lipinski definition) is 1. The molecule has 0 bridgehead atoms. The van der Waals surface area contributed by atoms with Gasteiger partial charge in [-0.2, -0.15) is 0 Å². The molecule has 0 aliphatic heterocycles. The van der Waals surface area contributed by atoms with Crippen molar-refractivity contribution in [2.45, 2.75) is 19.8 Å². The second-order valence-electron chi connectivity index (χ2n) is 1.79. The third-order valence-corrected chi connectivity index (χ3v) is 0.914. The minimum atomic E-state index is -0.198. The molecule has 0 aliphatic carbocycles. The molecule has 0 aliphatic rings. The molecule has 0 saturated carbocycles. The Kier molecular flexibility index (Phi) is 14.6. The van der Waals surface area contributed by atoms with E-state index in [9.17, 15) is 4.39 Å². The first kappa shape index (κ1) is 11.9. The van der Waals surface area contributed by atoms with Crippen LogP contribution in [0.15, 0.2) is 0 Å². The van der Waals surface area contributed by atoms with Crippen molar-refractivity contribution in [1.29, 1.82) is 0 Å². The van der Waals surface area contributed by atoms with Crippen LogP contribution in [0.1, 0.15) is 19.8 Å². The smallest absolute Gasteiger partial charge is 0.0906 e. The van der Waals surface area contributed by atoms with Crippen molar-refractivity contribution in [2.24, 2.45) is 0 Å². The number of hydrogen-bond acceptors (Lipinski definition) is 1. The van der Waals surface area contributed by atoms with E-state index in [4.69, 9.17) is 0 Å². The van der Waals surface area contributed by atoms with Crippen LogP contribution in [-0.2, 0) is 0 Å². The summed E-state index contributed by atoms with van der Waals surface area (Å²) in [6, 6.07) is 0. The molecule has 0 unspecified atom stereocenters. The van der Waals surface area contributed by atoms with Gasteiger partial charge >= 0.3 is 0 Å². The van der Waals surface area contributed by atoms with Crippen molar-refractivity contribution < 1.29 is 4.39 Å². The molecule has 0 aromatic rings. The second kappa shape index (κ2) is 11.0. The van der Waals surface area contributed by atoms with Crippen LogP contribution in [0.5, 0.6) is 0 Å². The van der Waals surface area contributed by atoms with Gasteiger partial charge in [0.25, 0.3) is 0 Å². The van der Waals surface area contributed by atoms with E-state index in [1.165, 1.54) is 0 Å². The third-order valence-electron chi connectivity index (χ3n) is 0.914. The van der Waals surface area contributed by atoms with Gasteiger partial charge in [0.2, 0.25) is 0 Å². The van der Waals surface area contributed by atoms with Crippen molar-refractivity contribution >= 4 is 12.4 Å². The minimum Gasteiger partial charge on any atom is -0.317 e. The minimum absolute atomic E-state index is 0. The Morgan fingerprint density at radius 1 is 1.33 bits per heavy atom. The van der Waals surface area contributed by atoms with Gasteiger partial charge in [0.15, 0.2) is 0 Å². The van der Waals surface area contributed by atoms with Crippen LogP contribution in [0, 0.1) is 0 Å². The normalized spacial score (nSPS) is 8.67. The molecule has 0 atom stereocenters. The molecule has 0 fully saturated rings. The Bertz CT molecular complexity index is 38.0. The summed E-state index contributed by atoms with van der Waals surface area (Å²) >= 11 is 0. The predicted molar refractivity (Wildman–Crippen MR) is 41.0 cm³/mol. The zero-order valence-electron chi connectivity index (χ0n) is 5.82. The van der Waals surface area contributed by atoms with E-state index in [1.54, 1.807) is 0 Å². The SMILES string of the molecule is CCCNCCCF.Cl. The summed E-state index contributed by atoms with van der Waals surface area (Å²) in [6.07, 6.45) is 1.78. The molecule has 3 heteroatoms. The maximum atomic E-state index is 11.4. The average molecular weight is 156 g/mol. The van der Waals surface area contributed by atoms with Crippen molar-refractivity contribution in [1.82, 2.24) is 5.32 Å². The quantitative estimate of drug-likeness (QED) is 0.597. The Morgan fingerprint density at radius 2 is 2.00 bits per heavy atom. The van der Waals surface area contributed by atoms with Gasteiger partial charge in [-0.3, -0.25) is 4.39 Å². The average Bonchev–Trinajstić information content (AvgIpc) is 1.81. The van der Waals surface area contributed by atoms with Crippen molar-refractivity contribution in [2.75, 3.05) is 19.8 Å². The Balaban J connectivity index is 0. The largest absolute Gasteiger partial charge is 0.317 e. The zero-order valence-corrected chi connectivity index (χ0v) is 6.64. The van der Waals surface area contributed by atoms with Gasteiger partial charge in [0.1, 0.15) is 0 Å². The predicted octanol–water partition coefficient (Wildman–Crippen LogP) is 1.77. The highest BCUT2D eigenvalue weighted by atomic mass is 35.5. The lowest BCUT2D eigenvalue weighted by Crippen LogP contribution is -2.16. The van der Waals surface area contributed by atoms with Gasteiger partial charge in [0, 0.05) is 0 Å². The Hall–Kier alpha value is 0.180. The van der Waals surface area contributed by atoms with E-state index in [1.807, 2.05) is 0 Å². The molecule has 1 nitrogen and oxygen atoms in total. The lowest BCUT2D eigenvalue weighted by atomic mass is 10.4. The first-order valence-electron chi connectivity index (χ1n) is 3.18. The van der Waals surface area contributed by atoms with Crippen LogP contribution in [-0.4, -0.2) is 19.8 Å². The monoisotopic (exact) mass is 155 g/mol. The fourth-order valence-electron chi connectivity index (χ4n) is 0.494. The zero-order chi connectivity index (χ0) is 6.24. The molecule has 1 N–H and O–H groups in total. The maximum Gasteiger partial charge on any atom is 0.0906 e. The van der Waals surface area contributed by atoms with Gasteiger partial charge in [0.05, 0.1) is 6.67 Å². The van der Waals surface area contributed by atoms with E-state index < -0.39 is 0 Å². The topological polar surface area (TPSA) is 12.0 Å². The molecule has 0 heterocycles. The van der Waals surface area contributed by atoms with Gasteiger partial charge < -0.3 is 5.32 Å². The van der Waals surface area contributed by atoms with Crippen molar-refractivity contribution in [3.05, 3.63) is 0 Å². The summed E-state index contributed by atoms with van der Waals surface area (Å²) in [6.45, 7) is 3.74. The van der Waals surface area contributed by atoms with E-state index in [0.717, 1.165) is 19.5 Å². The fourth-order valence-corrected chi connectivity index (χ4v) is 0.494. The van der Waals surface area contributed by atoms with Crippen LogP contribution >= 0.6 is 12.4 Å². The molecule has 0 aromatic carbocycles. The lowest BCUT2D eigenvalue weighted by Gasteiger charge is -1.97. The molecule has 0 aromatic heterocycles. The highest BCUT2D eigenvalue weighted by Gasteiger charge is 1.82. The summed E-state index contributed by atoms with van der Waals surface area (Å²) in [7, 11) is 0. The highest BCUT2D eigenvalue weighted by Crippen LogP contribution is 1.76. The van der Waals surface area contributed by atoms with Crippen LogP contribution in [0.4, 0.5) is 4.39 Å². The number of alkyl halides is 1. The lowest BCUT2D eigenvalue weighted by molar-refractivity contribution is 0.459. The van der Waals surface area contributed by atoms with Crippen molar-refractivity contribution in [3.63, 3.8) is 0 Å². The third kappa shape index (κ3) is 11.6. The first-order chi connectivity index (χ1) is 3.91. The summed E-state index contributed by atoms with van der Waals surface area (Å²) in [5.41, 5.74) is 0. The van der Waals surface area contributed by atoms with Crippen molar-refractivity contribution in [3.8, 4) is 0 Å². The molecule has 0 saturated heterocycles. The molecule has 58 valence electrons. The van der Waals surface area contributed by atoms with Gasteiger partial charge in [-0.05, 0) is 25.9 Å². The Morgan fingerprint density at radius 3 is 2.44 bits per heavy atom. The van der Waals surface area contributed by atoms with E-state index in [2.05, 4.69) is 12.2 Å². The summed E-state index contributed by atoms with van der Waals surface area (Å²) in [5, 5.41) is 3.10. The van der Waals surface area contributed by atoms with Crippen LogP contribution in [0.3, 0.4) is 0 Å². The van der Waals surface area contributed by atoms with E-state index in [-0.39, 0.29) is 19.1 Å². The highest BCUT2D eigenvalue weighted by molar-refractivity contribution is 5.85. The number of rotatable bonds is 5. The van der Waals surface area contributed by atoms with Crippen LogP contribution < -0.4 is 5.32 Å².